The number of hydrogen-bond donors (Lipinski definition) is 0. The van der Waals surface area contributed by atoms with Crippen LogP contribution < -0.4 is 4.90 Å². The van der Waals surface area contributed by atoms with E-state index in [1.54, 1.807) is 0 Å². The van der Waals surface area contributed by atoms with Crippen LogP contribution in [0.1, 0.15) is 100 Å². The fourth-order valence-electron chi connectivity index (χ4n) is 12.1. The maximum atomic E-state index is 2.72. The van der Waals surface area contributed by atoms with E-state index >= 15 is 0 Å². The molecule has 0 fully saturated rings. The molecule has 3 heterocycles. The van der Waals surface area contributed by atoms with Crippen LogP contribution in [0.25, 0.3) is 0 Å². The van der Waals surface area contributed by atoms with Gasteiger partial charge in [0.05, 0.1) is 33.3 Å². The molecule has 1 heteroatoms. The van der Waals surface area contributed by atoms with Crippen LogP contribution in [-0.4, -0.2) is 0 Å². The third kappa shape index (κ3) is 4.96. The zero-order chi connectivity index (χ0) is 43.5. The molecule has 0 aliphatic carbocycles. The first kappa shape index (κ1) is 38.5. The van der Waals surface area contributed by atoms with Gasteiger partial charge in [-0.3, -0.25) is 0 Å². The fraction of sp³-hybridized carbons (Fsp3) is 0.143. The van der Waals surface area contributed by atoms with Crippen molar-refractivity contribution in [2.75, 3.05) is 4.90 Å². The number of hydrogen-bond acceptors (Lipinski definition) is 1. The number of anilines is 3. The zero-order valence-electron chi connectivity index (χ0n) is 37.5. The molecule has 0 amide bonds. The summed E-state index contributed by atoms with van der Waals surface area (Å²) in [6.07, 6.45) is 0. The van der Waals surface area contributed by atoms with Crippen molar-refractivity contribution >= 4 is 17.1 Å². The Bertz CT molecular complexity index is 2710. The topological polar surface area (TPSA) is 3.24 Å². The van der Waals surface area contributed by atoms with E-state index in [0.717, 1.165) is 0 Å². The predicted molar refractivity (Wildman–Crippen MR) is 265 cm³/mol. The number of benzene rings is 9. The SMILES string of the molecule is Cc1ccc(C2(c3ccc(C)cc3)c3cccc4c3N3c5c2cccc5C(c2ccc(C)cc2)(c2ccc(C)cc2)c2cccc(c23)C4(c2ccc(C)cc2)c2ccc(C)cc2)cc1. The molecule has 0 atom stereocenters. The number of nitrogens with zero attached hydrogens (tertiary/aromatic N) is 1. The summed E-state index contributed by atoms with van der Waals surface area (Å²) in [5.41, 5.74) is 24.7. The molecule has 0 N–H and O–H groups in total. The smallest absolute Gasteiger partial charge is 0.0742 e. The summed E-state index contributed by atoms with van der Waals surface area (Å²) in [4.78, 5) is 2.72. The van der Waals surface area contributed by atoms with Gasteiger partial charge in [-0.25, -0.2) is 0 Å². The normalized spacial score (nSPS) is 15.4. The van der Waals surface area contributed by atoms with E-state index in [-0.39, 0.29) is 0 Å². The summed E-state index contributed by atoms with van der Waals surface area (Å²) in [5.74, 6) is 0. The van der Waals surface area contributed by atoms with E-state index < -0.39 is 16.2 Å². The zero-order valence-corrected chi connectivity index (χ0v) is 37.5. The molecular formula is C63H51N. The number of aryl methyl sites for hydroxylation is 6. The van der Waals surface area contributed by atoms with Crippen molar-refractivity contribution in [1.82, 2.24) is 0 Å². The Morgan fingerprint density at radius 2 is 0.375 bits per heavy atom. The second-order valence-electron chi connectivity index (χ2n) is 18.9. The van der Waals surface area contributed by atoms with Gasteiger partial charge in [0, 0.05) is 0 Å². The molecule has 0 radical (unpaired) electrons. The predicted octanol–water partition coefficient (Wildman–Crippen LogP) is 15.1. The van der Waals surface area contributed by atoms with Crippen molar-refractivity contribution in [3.63, 3.8) is 0 Å². The lowest BCUT2D eigenvalue weighted by Crippen LogP contribution is -2.49. The van der Waals surface area contributed by atoms with Gasteiger partial charge < -0.3 is 4.90 Å². The van der Waals surface area contributed by atoms with Gasteiger partial charge in [0.1, 0.15) is 0 Å². The summed E-state index contributed by atoms with van der Waals surface area (Å²) < 4.78 is 0. The largest absolute Gasteiger partial charge is 0.308 e. The van der Waals surface area contributed by atoms with Crippen molar-refractivity contribution < 1.29 is 0 Å². The summed E-state index contributed by atoms with van der Waals surface area (Å²) in [6.45, 7) is 13.2. The lowest BCUT2D eigenvalue weighted by molar-refractivity contribution is 0.654. The minimum absolute atomic E-state index is 0.670. The molecule has 64 heavy (non-hydrogen) atoms. The molecule has 3 aliphatic rings. The molecule has 0 bridgehead atoms. The first-order valence-electron chi connectivity index (χ1n) is 22.8. The summed E-state index contributed by atoms with van der Waals surface area (Å²) in [6, 6.07) is 78.2. The quantitative estimate of drug-likeness (QED) is 0.161. The first-order valence-corrected chi connectivity index (χ1v) is 22.8. The van der Waals surface area contributed by atoms with E-state index in [1.807, 2.05) is 0 Å². The maximum Gasteiger partial charge on any atom is 0.0742 e. The van der Waals surface area contributed by atoms with Gasteiger partial charge in [-0.1, -0.05) is 234 Å². The highest BCUT2D eigenvalue weighted by molar-refractivity contribution is 6.03. The fourth-order valence-corrected chi connectivity index (χ4v) is 12.1. The van der Waals surface area contributed by atoms with Crippen LogP contribution in [0.3, 0.4) is 0 Å². The Kier molecular flexibility index (Phi) is 8.35. The van der Waals surface area contributed by atoms with Crippen LogP contribution in [0.4, 0.5) is 17.1 Å². The Labute approximate surface area is 378 Å². The van der Waals surface area contributed by atoms with Gasteiger partial charge in [0.15, 0.2) is 0 Å². The third-order valence-electron chi connectivity index (χ3n) is 15.1. The Morgan fingerprint density at radius 3 is 0.531 bits per heavy atom. The Morgan fingerprint density at radius 1 is 0.219 bits per heavy atom. The monoisotopic (exact) mass is 821 g/mol. The van der Waals surface area contributed by atoms with Crippen molar-refractivity contribution in [3.05, 3.63) is 300 Å². The van der Waals surface area contributed by atoms with Gasteiger partial charge in [0.25, 0.3) is 0 Å². The molecule has 12 rings (SSSR count). The van der Waals surface area contributed by atoms with E-state index in [2.05, 4.69) is 247 Å². The molecule has 0 saturated heterocycles. The van der Waals surface area contributed by atoms with E-state index in [9.17, 15) is 0 Å². The molecule has 0 spiro atoms. The Balaban J connectivity index is 1.37. The first-order chi connectivity index (χ1) is 31.2. The summed E-state index contributed by atoms with van der Waals surface area (Å²) in [5, 5.41) is 0. The van der Waals surface area contributed by atoms with Crippen LogP contribution in [0.15, 0.2) is 200 Å². The maximum absolute atomic E-state index is 2.72. The molecule has 9 aromatic rings. The van der Waals surface area contributed by atoms with Crippen molar-refractivity contribution in [2.24, 2.45) is 0 Å². The van der Waals surface area contributed by atoms with Crippen LogP contribution in [0, 0.1) is 41.5 Å². The van der Waals surface area contributed by atoms with Gasteiger partial charge >= 0.3 is 0 Å². The van der Waals surface area contributed by atoms with E-state index in [1.165, 1.54) is 117 Å². The van der Waals surface area contributed by atoms with Crippen molar-refractivity contribution in [2.45, 2.75) is 57.8 Å². The highest BCUT2D eigenvalue weighted by Crippen LogP contribution is 2.71. The second-order valence-corrected chi connectivity index (χ2v) is 18.9. The van der Waals surface area contributed by atoms with Crippen LogP contribution >= 0.6 is 0 Å². The molecule has 0 saturated carbocycles. The number of rotatable bonds is 6. The summed E-state index contributed by atoms with van der Waals surface area (Å²) >= 11 is 0. The van der Waals surface area contributed by atoms with Crippen molar-refractivity contribution in [3.8, 4) is 0 Å². The lowest BCUT2D eigenvalue weighted by Gasteiger charge is -2.58. The molecule has 9 aromatic carbocycles. The molecular weight excluding hydrogens is 771 g/mol. The van der Waals surface area contributed by atoms with Gasteiger partial charge in [-0.05, 0) is 108 Å². The van der Waals surface area contributed by atoms with E-state index in [0.29, 0.717) is 0 Å². The van der Waals surface area contributed by atoms with Gasteiger partial charge in [0.2, 0.25) is 0 Å². The third-order valence-corrected chi connectivity index (χ3v) is 15.1. The van der Waals surface area contributed by atoms with Gasteiger partial charge in [-0.15, -0.1) is 0 Å². The minimum atomic E-state index is -0.670. The van der Waals surface area contributed by atoms with Gasteiger partial charge in [-0.2, -0.15) is 0 Å². The standard InChI is InChI=1S/C63H51N/c1-40-16-28-46(29-17-40)61(47-30-18-41(2)19-31-47)52-10-7-12-54-58(52)64-59-53(61)11-8-13-55(59)63(50-36-24-44(5)25-37-50,51-38-26-45(6)27-39-51)57-15-9-14-56(60(57)64)62(54,48-32-20-42(3)21-33-48)49-34-22-43(4)23-35-49/h7-39H,1-6H3. The highest BCUT2D eigenvalue weighted by Gasteiger charge is 2.59. The molecule has 3 aliphatic heterocycles. The molecule has 0 aromatic heterocycles. The van der Waals surface area contributed by atoms with Crippen LogP contribution in [0.2, 0.25) is 0 Å². The summed E-state index contributed by atoms with van der Waals surface area (Å²) in [7, 11) is 0. The average Bonchev–Trinajstić information content (AvgIpc) is 3.32. The van der Waals surface area contributed by atoms with Crippen LogP contribution in [-0.2, 0) is 16.2 Å². The average molecular weight is 822 g/mol. The second kappa shape index (κ2) is 13.9. The molecule has 1 nitrogen and oxygen atoms in total. The highest BCUT2D eigenvalue weighted by atomic mass is 15.2. The van der Waals surface area contributed by atoms with Crippen LogP contribution in [0.5, 0.6) is 0 Å². The molecule has 0 unspecified atom stereocenters. The molecule has 308 valence electrons. The lowest BCUT2D eigenvalue weighted by atomic mass is 9.52. The number of para-hydroxylation sites is 3. The Hall–Kier alpha value is -7.22. The van der Waals surface area contributed by atoms with Crippen molar-refractivity contribution in [1.29, 1.82) is 0 Å². The minimum Gasteiger partial charge on any atom is -0.308 e. The van der Waals surface area contributed by atoms with E-state index in [4.69, 9.17) is 0 Å².